The Kier molecular flexibility index (Phi) is 4.46. The van der Waals surface area contributed by atoms with Crippen LogP contribution in [0, 0.1) is 0 Å². The first-order valence-corrected chi connectivity index (χ1v) is 15.2. The van der Waals surface area contributed by atoms with Crippen LogP contribution in [0.5, 0.6) is 0 Å². The van der Waals surface area contributed by atoms with Crippen LogP contribution in [-0.4, -0.2) is 24.1 Å². The fraction of sp³-hybridized carbons (Fsp3) is 0. The largest absolute Gasteiger partial charge is 0.456 e. The maximum absolute atomic E-state index is 6.16. The van der Waals surface area contributed by atoms with Crippen molar-refractivity contribution in [2.45, 2.75) is 0 Å². The van der Waals surface area contributed by atoms with Crippen molar-refractivity contribution in [1.82, 2.24) is 24.1 Å². The molecule has 7 heteroatoms. The first-order valence-electron chi connectivity index (χ1n) is 15.2. The van der Waals surface area contributed by atoms with E-state index in [-0.39, 0.29) is 0 Å². The van der Waals surface area contributed by atoms with Gasteiger partial charge in [-0.3, -0.25) is 9.97 Å². The van der Waals surface area contributed by atoms with E-state index in [2.05, 4.69) is 75.9 Å². The molecule has 0 atom stereocenters. The summed E-state index contributed by atoms with van der Waals surface area (Å²) in [5, 5.41) is 4.32. The zero-order chi connectivity index (χ0) is 29.9. The summed E-state index contributed by atoms with van der Waals surface area (Å²) in [4.78, 5) is 15.0. The van der Waals surface area contributed by atoms with Gasteiger partial charge in [0.15, 0.2) is 0 Å². The number of rotatable bonds is 2. The number of benzene rings is 4. The molecule has 46 heavy (non-hydrogen) atoms. The number of hydrogen-bond acceptors (Lipinski definition) is 5. The van der Waals surface area contributed by atoms with Gasteiger partial charge >= 0.3 is 0 Å². The number of pyridine rings is 3. The molecule has 11 aromatic rings. The third-order valence-corrected chi connectivity index (χ3v) is 9.20. The fourth-order valence-corrected chi connectivity index (χ4v) is 7.22. The standard InChI is InChI=1S/C39H21N5O2/c1-3-11-32-24(7-1)26-19-22(13-15-34(26)45-32)43-28-9-5-17-40-36(28)38-30(43)21-31-39(42-38)37-29(10-6-18-41-37)44(31)23-14-16-35-27(20-23)25-8-2-4-12-33(25)46-35/h1-21H. The van der Waals surface area contributed by atoms with E-state index in [1.807, 2.05) is 60.9 Å². The summed E-state index contributed by atoms with van der Waals surface area (Å²) in [6.07, 6.45) is 3.66. The van der Waals surface area contributed by atoms with Gasteiger partial charge in [-0.1, -0.05) is 36.4 Å². The predicted octanol–water partition coefficient (Wildman–Crippen LogP) is 9.86. The molecule has 7 nitrogen and oxygen atoms in total. The molecular formula is C39H21N5O2. The van der Waals surface area contributed by atoms with Crippen molar-refractivity contribution in [2.75, 3.05) is 0 Å². The van der Waals surface area contributed by atoms with Crippen LogP contribution >= 0.6 is 0 Å². The molecule has 7 heterocycles. The summed E-state index contributed by atoms with van der Waals surface area (Å²) in [6, 6.07) is 39.4. The molecule has 0 spiro atoms. The average Bonchev–Trinajstić information content (AvgIpc) is 3.84. The molecule has 0 saturated heterocycles. The number of nitrogens with zero attached hydrogens (tertiary/aromatic N) is 5. The number of para-hydroxylation sites is 2. The Balaban J connectivity index is 1.26. The van der Waals surface area contributed by atoms with Crippen molar-refractivity contribution in [3.8, 4) is 11.4 Å². The smallest absolute Gasteiger partial charge is 0.135 e. The van der Waals surface area contributed by atoms with Crippen LogP contribution in [0.2, 0.25) is 0 Å². The van der Waals surface area contributed by atoms with Gasteiger partial charge in [0, 0.05) is 45.3 Å². The molecule has 0 radical (unpaired) electrons. The van der Waals surface area contributed by atoms with Gasteiger partial charge in [-0.15, -0.1) is 0 Å². The third-order valence-electron chi connectivity index (χ3n) is 9.20. The fourth-order valence-electron chi connectivity index (χ4n) is 7.22. The van der Waals surface area contributed by atoms with Crippen LogP contribution in [-0.2, 0) is 0 Å². The highest BCUT2D eigenvalue weighted by Crippen LogP contribution is 2.39. The summed E-state index contributed by atoms with van der Waals surface area (Å²) < 4.78 is 16.8. The molecule has 0 bridgehead atoms. The van der Waals surface area contributed by atoms with E-state index < -0.39 is 0 Å². The summed E-state index contributed by atoms with van der Waals surface area (Å²) >= 11 is 0. The van der Waals surface area contributed by atoms with Gasteiger partial charge in [-0.05, 0) is 78.9 Å². The Hall–Kier alpha value is -6.47. The molecule has 0 N–H and O–H groups in total. The molecule has 7 aromatic heterocycles. The van der Waals surface area contributed by atoms with Crippen molar-refractivity contribution in [3.05, 3.63) is 128 Å². The third kappa shape index (κ3) is 3.08. The second-order valence-corrected chi connectivity index (χ2v) is 11.7. The van der Waals surface area contributed by atoms with Gasteiger partial charge in [-0.25, -0.2) is 4.98 Å². The molecule has 0 fully saturated rings. The Morgan fingerprint density at radius 3 is 1.39 bits per heavy atom. The monoisotopic (exact) mass is 591 g/mol. The minimum Gasteiger partial charge on any atom is -0.456 e. The van der Waals surface area contributed by atoms with Gasteiger partial charge in [-0.2, -0.15) is 0 Å². The first kappa shape index (κ1) is 23.9. The Bertz CT molecular complexity index is 2850. The minimum absolute atomic E-state index is 0.834. The lowest BCUT2D eigenvalue weighted by molar-refractivity contribution is 0.668. The van der Waals surface area contributed by atoms with Crippen LogP contribution < -0.4 is 0 Å². The van der Waals surface area contributed by atoms with Crippen molar-refractivity contribution in [1.29, 1.82) is 0 Å². The molecule has 0 saturated carbocycles. The number of furan rings is 2. The van der Waals surface area contributed by atoms with Gasteiger partial charge in [0.05, 0.1) is 22.1 Å². The lowest BCUT2D eigenvalue weighted by Gasteiger charge is -2.10. The van der Waals surface area contributed by atoms with E-state index in [1.165, 1.54) is 0 Å². The molecule has 0 amide bonds. The maximum atomic E-state index is 6.16. The van der Waals surface area contributed by atoms with Crippen LogP contribution in [0.25, 0.3) is 99.4 Å². The van der Waals surface area contributed by atoms with E-state index in [0.717, 1.165) is 99.4 Å². The maximum Gasteiger partial charge on any atom is 0.135 e. The van der Waals surface area contributed by atoms with E-state index in [0.29, 0.717) is 0 Å². The molecule has 4 aromatic carbocycles. The van der Waals surface area contributed by atoms with Crippen molar-refractivity contribution < 1.29 is 8.83 Å². The van der Waals surface area contributed by atoms with E-state index in [9.17, 15) is 0 Å². The van der Waals surface area contributed by atoms with Gasteiger partial charge < -0.3 is 18.0 Å². The molecule has 0 aliphatic carbocycles. The van der Waals surface area contributed by atoms with Gasteiger partial charge in [0.1, 0.15) is 44.4 Å². The number of fused-ring (bicyclic) bond motifs is 12. The summed E-state index contributed by atoms with van der Waals surface area (Å²) in [5.74, 6) is 0. The molecular weight excluding hydrogens is 570 g/mol. The number of aromatic nitrogens is 5. The Morgan fingerprint density at radius 1 is 0.391 bits per heavy atom. The van der Waals surface area contributed by atoms with Crippen molar-refractivity contribution in [2.24, 2.45) is 0 Å². The van der Waals surface area contributed by atoms with E-state index in [1.54, 1.807) is 0 Å². The second kappa shape index (κ2) is 8.58. The normalized spacial score (nSPS) is 12.3. The Labute approximate surface area is 259 Å². The average molecular weight is 592 g/mol. The summed E-state index contributed by atoms with van der Waals surface area (Å²) in [6.45, 7) is 0. The number of hydrogen-bond donors (Lipinski definition) is 0. The quantitative estimate of drug-likeness (QED) is 0.200. The zero-order valence-electron chi connectivity index (χ0n) is 24.2. The van der Waals surface area contributed by atoms with Crippen LogP contribution in [0.1, 0.15) is 0 Å². The molecule has 0 unspecified atom stereocenters. The van der Waals surface area contributed by atoms with E-state index in [4.69, 9.17) is 23.8 Å². The van der Waals surface area contributed by atoms with Gasteiger partial charge in [0.2, 0.25) is 0 Å². The highest BCUT2D eigenvalue weighted by molar-refractivity contribution is 6.14. The van der Waals surface area contributed by atoms with Gasteiger partial charge in [0.25, 0.3) is 0 Å². The topological polar surface area (TPSA) is 74.8 Å². The predicted molar refractivity (Wildman–Crippen MR) is 183 cm³/mol. The lowest BCUT2D eigenvalue weighted by atomic mass is 10.1. The minimum atomic E-state index is 0.834. The highest BCUT2D eigenvalue weighted by Gasteiger charge is 2.22. The van der Waals surface area contributed by atoms with Crippen LogP contribution in [0.15, 0.2) is 136 Å². The molecule has 0 aliphatic rings. The Morgan fingerprint density at radius 2 is 0.870 bits per heavy atom. The summed E-state index contributed by atoms with van der Waals surface area (Å²) in [5.41, 5.74) is 12.8. The first-order chi connectivity index (χ1) is 22.8. The van der Waals surface area contributed by atoms with E-state index >= 15 is 0 Å². The van der Waals surface area contributed by atoms with Crippen LogP contribution in [0.4, 0.5) is 0 Å². The SMILES string of the molecule is c1ccc2c(c1)oc1ccc(-n3c4cccnc4c4nc5c6ncccc6n(-c6ccc7oc8ccccc8c7c6)c5cc43)cc12. The second-order valence-electron chi connectivity index (χ2n) is 11.7. The molecule has 0 aliphatic heterocycles. The van der Waals surface area contributed by atoms with Crippen molar-refractivity contribution >= 4 is 88.0 Å². The highest BCUT2D eigenvalue weighted by atomic mass is 16.3. The lowest BCUT2D eigenvalue weighted by Crippen LogP contribution is -1.96. The molecule has 11 rings (SSSR count). The zero-order valence-corrected chi connectivity index (χ0v) is 24.2. The summed E-state index contributed by atoms with van der Waals surface area (Å²) in [7, 11) is 0. The van der Waals surface area contributed by atoms with Crippen molar-refractivity contribution in [3.63, 3.8) is 0 Å². The van der Waals surface area contributed by atoms with Crippen LogP contribution in [0.3, 0.4) is 0 Å². The molecule has 214 valence electrons.